The van der Waals surface area contributed by atoms with E-state index in [-0.39, 0.29) is 0 Å². The lowest BCUT2D eigenvalue weighted by Gasteiger charge is -2.35. The maximum atomic E-state index is 6.17. The number of rotatable bonds is 4. The van der Waals surface area contributed by atoms with E-state index in [9.17, 15) is 0 Å². The topological polar surface area (TPSA) is 70.6 Å². The Kier molecular flexibility index (Phi) is 3.60. The van der Waals surface area contributed by atoms with Gasteiger partial charge in [-0.05, 0) is 43.1 Å². The Bertz CT molecular complexity index is 533. The number of nitrogens with two attached hydrogens (primary N) is 1. The van der Waals surface area contributed by atoms with Crippen molar-refractivity contribution in [3.05, 3.63) is 18.5 Å². The number of anilines is 1. The molecule has 0 spiro atoms. The van der Waals surface area contributed by atoms with E-state index in [1.54, 1.807) is 12.4 Å². The van der Waals surface area contributed by atoms with Crippen LogP contribution in [0.4, 0.5) is 5.95 Å². The highest BCUT2D eigenvalue weighted by Crippen LogP contribution is 2.54. The van der Waals surface area contributed by atoms with Gasteiger partial charge in [-0.25, -0.2) is 9.97 Å². The van der Waals surface area contributed by atoms with Crippen LogP contribution in [0.5, 0.6) is 0 Å². The number of guanidine groups is 1. The highest BCUT2D eigenvalue weighted by molar-refractivity contribution is 5.78. The van der Waals surface area contributed by atoms with Crippen molar-refractivity contribution in [1.29, 1.82) is 0 Å². The summed E-state index contributed by atoms with van der Waals surface area (Å²) in [5.74, 6) is 4.32. The van der Waals surface area contributed by atoms with Crippen molar-refractivity contribution in [2.45, 2.75) is 19.3 Å². The highest BCUT2D eigenvalue weighted by atomic mass is 15.3. The van der Waals surface area contributed by atoms with E-state index in [4.69, 9.17) is 5.73 Å². The average Bonchev–Trinajstić information content (AvgIpc) is 3.47. The lowest BCUT2D eigenvalue weighted by atomic mass is 10.2. The van der Waals surface area contributed by atoms with Gasteiger partial charge in [-0.15, -0.1) is 0 Å². The summed E-state index contributed by atoms with van der Waals surface area (Å²) in [6.45, 7) is 4.51. The Labute approximate surface area is 131 Å². The molecule has 1 aromatic heterocycles. The standard InChI is InChI=1S/C16H24N6/c17-15(20-11-13-10-14(13)12-2-3-12)21-6-8-22(9-7-21)16-18-4-1-5-19-16/h1,4-5,12-14H,2-3,6-11H2,(H2,17,20)/t13-,14-/m0/s1. The van der Waals surface area contributed by atoms with Crippen LogP contribution in [-0.4, -0.2) is 53.6 Å². The molecule has 1 aromatic rings. The lowest BCUT2D eigenvalue weighted by Crippen LogP contribution is -2.51. The second kappa shape index (κ2) is 5.74. The van der Waals surface area contributed by atoms with Gasteiger partial charge in [0.2, 0.25) is 5.95 Å². The molecule has 2 saturated carbocycles. The first-order valence-corrected chi connectivity index (χ1v) is 8.38. The van der Waals surface area contributed by atoms with Crippen LogP contribution in [0.2, 0.25) is 0 Å². The molecule has 0 radical (unpaired) electrons. The van der Waals surface area contributed by atoms with Crippen LogP contribution in [0.3, 0.4) is 0 Å². The predicted octanol–water partition coefficient (Wildman–Crippen LogP) is 0.959. The molecule has 6 heteroatoms. The zero-order valence-corrected chi connectivity index (χ0v) is 12.9. The second-order valence-corrected chi connectivity index (χ2v) is 6.72. The van der Waals surface area contributed by atoms with Crippen molar-refractivity contribution in [2.75, 3.05) is 37.6 Å². The molecule has 6 nitrogen and oxygen atoms in total. The zero-order valence-electron chi connectivity index (χ0n) is 12.9. The molecule has 0 amide bonds. The maximum absolute atomic E-state index is 6.17. The molecular formula is C16H24N6. The van der Waals surface area contributed by atoms with E-state index in [1.165, 1.54) is 19.3 Å². The molecule has 2 aliphatic carbocycles. The Morgan fingerprint density at radius 2 is 1.91 bits per heavy atom. The summed E-state index contributed by atoms with van der Waals surface area (Å²) in [5, 5.41) is 0. The Hall–Kier alpha value is -1.85. The largest absolute Gasteiger partial charge is 0.370 e. The summed E-state index contributed by atoms with van der Waals surface area (Å²) in [6, 6.07) is 1.84. The monoisotopic (exact) mass is 300 g/mol. The van der Waals surface area contributed by atoms with E-state index < -0.39 is 0 Å². The molecule has 4 rings (SSSR count). The fourth-order valence-electron chi connectivity index (χ4n) is 3.48. The van der Waals surface area contributed by atoms with Gasteiger partial charge in [0, 0.05) is 45.1 Å². The maximum Gasteiger partial charge on any atom is 0.225 e. The minimum atomic E-state index is 0.718. The van der Waals surface area contributed by atoms with Crippen LogP contribution in [0.25, 0.3) is 0 Å². The van der Waals surface area contributed by atoms with E-state index in [0.29, 0.717) is 0 Å². The number of nitrogens with zero attached hydrogens (tertiary/aromatic N) is 5. The number of piperazine rings is 1. The van der Waals surface area contributed by atoms with Gasteiger partial charge in [0.05, 0.1) is 0 Å². The fourth-order valence-corrected chi connectivity index (χ4v) is 3.48. The van der Waals surface area contributed by atoms with Crippen molar-refractivity contribution in [2.24, 2.45) is 28.5 Å². The third-order valence-electron chi connectivity index (χ3n) is 5.13. The summed E-state index contributed by atoms with van der Waals surface area (Å²) in [4.78, 5) is 17.6. The average molecular weight is 300 g/mol. The molecule has 22 heavy (non-hydrogen) atoms. The number of hydrogen-bond donors (Lipinski definition) is 1. The molecule has 1 aliphatic heterocycles. The highest BCUT2D eigenvalue weighted by Gasteiger charge is 2.46. The van der Waals surface area contributed by atoms with Gasteiger partial charge in [0.1, 0.15) is 0 Å². The van der Waals surface area contributed by atoms with Gasteiger partial charge < -0.3 is 15.5 Å². The molecule has 3 fully saturated rings. The third kappa shape index (κ3) is 3.00. The zero-order chi connectivity index (χ0) is 14.9. The molecule has 1 saturated heterocycles. The molecule has 2 heterocycles. The van der Waals surface area contributed by atoms with Gasteiger partial charge in [-0.2, -0.15) is 0 Å². The first-order chi connectivity index (χ1) is 10.8. The summed E-state index contributed by atoms with van der Waals surface area (Å²) in [5.41, 5.74) is 6.17. The Balaban J connectivity index is 1.26. The van der Waals surface area contributed by atoms with Crippen LogP contribution >= 0.6 is 0 Å². The van der Waals surface area contributed by atoms with Crippen molar-refractivity contribution < 1.29 is 0 Å². The van der Waals surface area contributed by atoms with Gasteiger partial charge in [0.25, 0.3) is 0 Å². The summed E-state index contributed by atoms with van der Waals surface area (Å²) in [7, 11) is 0. The van der Waals surface area contributed by atoms with Crippen LogP contribution in [0, 0.1) is 17.8 Å². The normalized spacial score (nSPS) is 28.8. The van der Waals surface area contributed by atoms with E-state index in [0.717, 1.165) is 62.4 Å². The quantitative estimate of drug-likeness (QED) is 0.662. The summed E-state index contributed by atoms with van der Waals surface area (Å²) >= 11 is 0. The molecule has 2 N–H and O–H groups in total. The van der Waals surface area contributed by atoms with Gasteiger partial charge in [0.15, 0.2) is 5.96 Å². The lowest BCUT2D eigenvalue weighted by molar-refractivity contribution is 0.377. The van der Waals surface area contributed by atoms with E-state index >= 15 is 0 Å². The Morgan fingerprint density at radius 1 is 1.18 bits per heavy atom. The van der Waals surface area contributed by atoms with Crippen molar-refractivity contribution in [1.82, 2.24) is 14.9 Å². The molecule has 0 bridgehead atoms. The van der Waals surface area contributed by atoms with Crippen molar-refractivity contribution in [3.63, 3.8) is 0 Å². The summed E-state index contributed by atoms with van der Waals surface area (Å²) in [6.07, 6.45) is 7.85. The van der Waals surface area contributed by atoms with Crippen LogP contribution in [-0.2, 0) is 0 Å². The van der Waals surface area contributed by atoms with E-state index in [2.05, 4.69) is 24.8 Å². The molecule has 118 valence electrons. The minimum Gasteiger partial charge on any atom is -0.370 e. The number of aromatic nitrogens is 2. The van der Waals surface area contributed by atoms with Gasteiger partial charge in [-0.1, -0.05) is 0 Å². The summed E-state index contributed by atoms with van der Waals surface area (Å²) < 4.78 is 0. The predicted molar refractivity (Wildman–Crippen MR) is 86.6 cm³/mol. The molecule has 3 aliphatic rings. The van der Waals surface area contributed by atoms with E-state index in [1.807, 2.05) is 6.07 Å². The first kappa shape index (κ1) is 13.8. The third-order valence-corrected chi connectivity index (χ3v) is 5.13. The molecule has 2 atom stereocenters. The van der Waals surface area contributed by atoms with Gasteiger partial charge >= 0.3 is 0 Å². The fraction of sp³-hybridized carbons (Fsp3) is 0.688. The SMILES string of the molecule is NC(=NC[C@@H]1C[C@H]1C1CC1)N1CCN(c2ncccn2)CC1. The molecule has 0 aromatic carbocycles. The van der Waals surface area contributed by atoms with Crippen LogP contribution in [0.15, 0.2) is 23.5 Å². The second-order valence-electron chi connectivity index (χ2n) is 6.72. The molecule has 0 unspecified atom stereocenters. The molecular weight excluding hydrogens is 276 g/mol. The number of aliphatic imine (C=N–C) groups is 1. The van der Waals surface area contributed by atoms with Gasteiger partial charge in [-0.3, -0.25) is 4.99 Å². The van der Waals surface area contributed by atoms with Crippen molar-refractivity contribution >= 4 is 11.9 Å². The van der Waals surface area contributed by atoms with Crippen LogP contribution in [0.1, 0.15) is 19.3 Å². The Morgan fingerprint density at radius 3 is 2.59 bits per heavy atom. The van der Waals surface area contributed by atoms with Crippen molar-refractivity contribution in [3.8, 4) is 0 Å². The smallest absolute Gasteiger partial charge is 0.225 e. The minimum absolute atomic E-state index is 0.718. The first-order valence-electron chi connectivity index (χ1n) is 8.38. The number of hydrogen-bond acceptors (Lipinski definition) is 4. The van der Waals surface area contributed by atoms with Crippen LogP contribution < -0.4 is 10.6 Å².